The second kappa shape index (κ2) is 7.56. The second-order valence-corrected chi connectivity index (χ2v) is 4.14. The SMILES string of the molecule is O=C1NCCOCCOCCNC(=O)c2cccc1n2.[H+]. The van der Waals surface area contributed by atoms with Crippen LogP contribution in [0.25, 0.3) is 0 Å². The highest BCUT2D eigenvalue weighted by atomic mass is 16.5. The van der Waals surface area contributed by atoms with Gasteiger partial charge in [-0.15, -0.1) is 0 Å². The number of pyridine rings is 1. The Morgan fingerprint density at radius 1 is 0.900 bits per heavy atom. The van der Waals surface area contributed by atoms with Gasteiger partial charge in [-0.1, -0.05) is 6.07 Å². The van der Waals surface area contributed by atoms with Gasteiger partial charge in [-0.2, -0.15) is 0 Å². The fourth-order valence-corrected chi connectivity index (χ4v) is 1.66. The fourth-order valence-electron chi connectivity index (χ4n) is 1.66. The number of rotatable bonds is 0. The summed E-state index contributed by atoms with van der Waals surface area (Å²) in [5.74, 6) is -0.649. The standard InChI is InChI=1S/C13H17N3O4/c17-12-10-2-1-3-11(16-10)13(18)15-5-7-20-9-8-19-6-4-14-12/h1-3H,4-9H2,(H,14,17)(H,15,18)/p+1. The van der Waals surface area contributed by atoms with E-state index >= 15 is 0 Å². The molecule has 2 heterocycles. The summed E-state index contributed by atoms with van der Waals surface area (Å²) in [6.07, 6.45) is 0. The van der Waals surface area contributed by atoms with E-state index in [1.807, 2.05) is 0 Å². The fraction of sp³-hybridized carbons (Fsp3) is 0.462. The van der Waals surface area contributed by atoms with Gasteiger partial charge >= 0.3 is 1.43 Å². The Balaban J connectivity index is 0.00000220. The Bertz CT molecular complexity index is 445. The molecule has 2 rings (SSSR count). The lowest BCUT2D eigenvalue weighted by atomic mass is 10.2. The first kappa shape index (κ1) is 14.4. The Labute approximate surface area is 118 Å². The van der Waals surface area contributed by atoms with Gasteiger partial charge in [-0.25, -0.2) is 4.98 Å². The molecule has 7 heteroatoms. The summed E-state index contributed by atoms with van der Waals surface area (Å²) in [4.78, 5) is 27.7. The number of ether oxygens (including phenoxy) is 2. The summed E-state index contributed by atoms with van der Waals surface area (Å²) < 4.78 is 10.6. The molecule has 2 N–H and O–H groups in total. The molecule has 2 amide bonds. The predicted molar refractivity (Wildman–Crippen MR) is 71.7 cm³/mol. The van der Waals surface area contributed by atoms with E-state index in [4.69, 9.17) is 9.47 Å². The van der Waals surface area contributed by atoms with Crippen LogP contribution in [0.3, 0.4) is 0 Å². The Kier molecular flexibility index (Phi) is 5.45. The van der Waals surface area contributed by atoms with E-state index in [1.54, 1.807) is 18.2 Å². The van der Waals surface area contributed by atoms with Crippen molar-refractivity contribution in [2.24, 2.45) is 0 Å². The Morgan fingerprint density at radius 3 is 1.90 bits per heavy atom. The molecule has 1 aliphatic rings. The number of aromatic nitrogens is 1. The minimum absolute atomic E-state index is 0. The molecule has 0 saturated carbocycles. The molecule has 0 saturated heterocycles. The number of amides is 2. The van der Waals surface area contributed by atoms with Crippen LogP contribution in [0.2, 0.25) is 0 Å². The molecule has 0 fully saturated rings. The number of fused-ring (bicyclic) bond motifs is 2. The molecule has 1 aliphatic heterocycles. The lowest BCUT2D eigenvalue weighted by Crippen LogP contribution is -2.30. The maximum atomic E-state index is 11.8. The van der Waals surface area contributed by atoms with Crippen LogP contribution in [0.4, 0.5) is 0 Å². The number of nitrogens with one attached hydrogen (secondary N) is 2. The van der Waals surface area contributed by atoms with Gasteiger partial charge in [0, 0.05) is 13.1 Å². The molecule has 0 atom stereocenters. The van der Waals surface area contributed by atoms with Crippen molar-refractivity contribution in [2.45, 2.75) is 0 Å². The highest BCUT2D eigenvalue weighted by Crippen LogP contribution is 2.00. The highest BCUT2D eigenvalue weighted by Gasteiger charge is 2.12. The van der Waals surface area contributed by atoms with Gasteiger partial charge in [0.05, 0.1) is 26.4 Å². The van der Waals surface area contributed by atoms with Crippen molar-refractivity contribution < 1.29 is 20.5 Å². The molecule has 0 aromatic carbocycles. The van der Waals surface area contributed by atoms with E-state index in [0.717, 1.165) is 0 Å². The minimum Gasteiger partial charge on any atom is -0.377 e. The molecule has 7 nitrogen and oxygen atoms in total. The van der Waals surface area contributed by atoms with Crippen LogP contribution < -0.4 is 10.6 Å². The average molecular weight is 280 g/mol. The molecular formula is C13H18N3O4+. The lowest BCUT2D eigenvalue weighted by molar-refractivity contribution is 0.0487. The molecule has 1 aromatic rings. The van der Waals surface area contributed by atoms with Gasteiger partial charge in [-0.3, -0.25) is 9.59 Å². The number of carbonyl (C=O) groups excluding carboxylic acids is 2. The normalized spacial score (nSPS) is 18.4. The number of carbonyl (C=O) groups is 2. The molecule has 0 unspecified atom stereocenters. The Morgan fingerprint density at radius 2 is 1.40 bits per heavy atom. The third kappa shape index (κ3) is 4.29. The van der Waals surface area contributed by atoms with Crippen LogP contribution in [0, 0.1) is 0 Å². The molecular weight excluding hydrogens is 262 g/mol. The molecule has 108 valence electrons. The maximum absolute atomic E-state index is 11.8. The van der Waals surface area contributed by atoms with Gasteiger partial charge in [-0.05, 0) is 12.1 Å². The third-order valence-electron chi connectivity index (χ3n) is 2.65. The summed E-state index contributed by atoms with van der Waals surface area (Å²) >= 11 is 0. The van der Waals surface area contributed by atoms with Crippen LogP contribution in [-0.2, 0) is 9.47 Å². The van der Waals surface area contributed by atoms with Gasteiger partial charge in [0.1, 0.15) is 11.4 Å². The lowest BCUT2D eigenvalue weighted by Gasteiger charge is -2.06. The topological polar surface area (TPSA) is 89.5 Å². The summed E-state index contributed by atoms with van der Waals surface area (Å²) in [6.45, 7) is 2.50. The van der Waals surface area contributed by atoms with E-state index in [0.29, 0.717) is 39.5 Å². The van der Waals surface area contributed by atoms with Crippen molar-refractivity contribution >= 4 is 11.8 Å². The minimum atomic E-state index is -0.325. The van der Waals surface area contributed by atoms with Crippen molar-refractivity contribution in [2.75, 3.05) is 39.5 Å². The number of hydrogen-bond donors (Lipinski definition) is 2. The quantitative estimate of drug-likeness (QED) is 0.681. The largest absolute Gasteiger partial charge is 1.00 e. The molecule has 0 spiro atoms. The van der Waals surface area contributed by atoms with Crippen LogP contribution in [0.5, 0.6) is 0 Å². The first-order valence-corrected chi connectivity index (χ1v) is 6.46. The zero-order valence-electron chi connectivity index (χ0n) is 12.1. The average Bonchev–Trinajstić information content (AvgIpc) is 2.48. The van der Waals surface area contributed by atoms with Crippen LogP contribution in [0.1, 0.15) is 22.4 Å². The van der Waals surface area contributed by atoms with Crippen molar-refractivity contribution in [3.05, 3.63) is 29.6 Å². The van der Waals surface area contributed by atoms with E-state index in [1.165, 1.54) is 0 Å². The van der Waals surface area contributed by atoms with Crippen molar-refractivity contribution in [3.8, 4) is 0 Å². The van der Waals surface area contributed by atoms with Gasteiger partial charge in [0.15, 0.2) is 0 Å². The Hall–Kier alpha value is -1.99. The second-order valence-electron chi connectivity index (χ2n) is 4.14. The van der Waals surface area contributed by atoms with Crippen LogP contribution in [-0.4, -0.2) is 56.3 Å². The van der Waals surface area contributed by atoms with E-state index in [-0.39, 0.29) is 24.6 Å². The summed E-state index contributed by atoms with van der Waals surface area (Å²) in [5.41, 5.74) is 0.424. The molecule has 1 aromatic heterocycles. The van der Waals surface area contributed by atoms with E-state index < -0.39 is 0 Å². The van der Waals surface area contributed by atoms with Crippen molar-refractivity contribution in [1.82, 2.24) is 15.6 Å². The third-order valence-corrected chi connectivity index (χ3v) is 2.65. The molecule has 2 bridgehead atoms. The van der Waals surface area contributed by atoms with Gasteiger partial charge in [0.25, 0.3) is 11.8 Å². The van der Waals surface area contributed by atoms with Crippen molar-refractivity contribution in [1.29, 1.82) is 0 Å². The number of hydrogen-bond acceptors (Lipinski definition) is 5. The highest BCUT2D eigenvalue weighted by molar-refractivity contribution is 5.96. The van der Waals surface area contributed by atoms with Crippen LogP contribution in [0.15, 0.2) is 18.2 Å². The van der Waals surface area contributed by atoms with Gasteiger partial charge in [0.2, 0.25) is 0 Å². The van der Waals surface area contributed by atoms with E-state index in [2.05, 4.69) is 15.6 Å². The first-order chi connectivity index (χ1) is 9.77. The predicted octanol–water partition coefficient (Wildman–Crippen LogP) is -0.299. The maximum Gasteiger partial charge on any atom is 1.00 e. The monoisotopic (exact) mass is 280 g/mol. The smallest absolute Gasteiger partial charge is 0.377 e. The summed E-state index contributed by atoms with van der Waals surface area (Å²) in [7, 11) is 0. The molecule has 0 aliphatic carbocycles. The van der Waals surface area contributed by atoms with Crippen LogP contribution >= 0.6 is 0 Å². The first-order valence-electron chi connectivity index (χ1n) is 6.46. The molecule has 0 radical (unpaired) electrons. The van der Waals surface area contributed by atoms with Crippen molar-refractivity contribution in [3.63, 3.8) is 0 Å². The zero-order chi connectivity index (χ0) is 14.2. The summed E-state index contributed by atoms with van der Waals surface area (Å²) in [6, 6.07) is 4.75. The zero-order valence-corrected chi connectivity index (χ0v) is 11.1. The van der Waals surface area contributed by atoms with Gasteiger partial charge < -0.3 is 20.1 Å². The summed E-state index contributed by atoms with van der Waals surface area (Å²) in [5, 5.41) is 5.35. The number of nitrogens with zero attached hydrogens (tertiary/aromatic N) is 1. The van der Waals surface area contributed by atoms with E-state index in [9.17, 15) is 9.59 Å². The molecule has 20 heavy (non-hydrogen) atoms.